The molecule has 0 atom stereocenters. The molecule has 0 spiro atoms. The van der Waals surface area contributed by atoms with Crippen molar-refractivity contribution in [3.63, 3.8) is 0 Å². The molecule has 0 N–H and O–H groups in total. The molecule has 31 heavy (non-hydrogen) atoms. The van der Waals surface area contributed by atoms with Crippen LogP contribution in [0.25, 0.3) is 22.8 Å². The molecule has 4 aromatic rings. The highest BCUT2D eigenvalue weighted by Gasteiger charge is 2.30. The molecule has 1 aliphatic carbocycles. The number of nitrogens with zero attached hydrogens (tertiary/aromatic N) is 6. The van der Waals surface area contributed by atoms with Crippen LogP contribution in [0.4, 0.5) is 8.78 Å². The Balaban J connectivity index is 1.33. The minimum absolute atomic E-state index is 0.0351. The Labute approximate surface area is 176 Å². The summed E-state index contributed by atoms with van der Waals surface area (Å²) >= 11 is 0. The van der Waals surface area contributed by atoms with Gasteiger partial charge in [-0.2, -0.15) is 14.6 Å². The van der Waals surface area contributed by atoms with E-state index in [1.165, 1.54) is 16.9 Å². The van der Waals surface area contributed by atoms with Gasteiger partial charge in [0, 0.05) is 24.7 Å². The lowest BCUT2D eigenvalue weighted by molar-refractivity contribution is 0.0699. The van der Waals surface area contributed by atoms with Crippen LogP contribution in [0.3, 0.4) is 0 Å². The summed E-state index contributed by atoms with van der Waals surface area (Å²) in [5.41, 5.74) is 2.59. The molecule has 1 aromatic carbocycles. The quantitative estimate of drug-likeness (QED) is 0.500. The first kappa shape index (κ1) is 19.2. The molecular weight excluding hydrogens is 402 g/mol. The summed E-state index contributed by atoms with van der Waals surface area (Å²) in [6.45, 7) is 0. The fourth-order valence-electron chi connectivity index (χ4n) is 3.77. The zero-order chi connectivity index (χ0) is 21.5. The Kier molecular flexibility index (Phi) is 4.65. The van der Waals surface area contributed by atoms with Crippen molar-refractivity contribution in [3.05, 3.63) is 71.4 Å². The van der Waals surface area contributed by atoms with Crippen LogP contribution in [0.5, 0.6) is 0 Å². The van der Waals surface area contributed by atoms with Gasteiger partial charge in [0.1, 0.15) is 12.0 Å². The number of rotatable bonds is 4. The van der Waals surface area contributed by atoms with E-state index >= 15 is 0 Å². The predicted octanol–water partition coefficient (Wildman–Crippen LogP) is 3.93. The first-order valence-electron chi connectivity index (χ1n) is 9.80. The van der Waals surface area contributed by atoms with E-state index in [4.69, 9.17) is 0 Å². The monoisotopic (exact) mass is 420 g/mol. The third-order valence-corrected chi connectivity index (χ3v) is 5.58. The van der Waals surface area contributed by atoms with Crippen LogP contribution < -0.4 is 0 Å². The molecule has 0 unspecified atom stereocenters. The first-order valence-corrected chi connectivity index (χ1v) is 9.80. The molecular formula is C22H18F2N6O. The number of aromatic nitrogens is 5. The Morgan fingerprint density at radius 1 is 1.23 bits per heavy atom. The Morgan fingerprint density at radius 3 is 2.84 bits per heavy atom. The van der Waals surface area contributed by atoms with Gasteiger partial charge in [-0.15, -0.1) is 0 Å². The van der Waals surface area contributed by atoms with Crippen molar-refractivity contribution in [1.82, 2.24) is 29.5 Å². The zero-order valence-electron chi connectivity index (χ0n) is 16.6. The molecule has 1 fully saturated rings. The smallest absolute Gasteiger partial charge is 0.280 e. The second kappa shape index (κ2) is 7.50. The van der Waals surface area contributed by atoms with Gasteiger partial charge >= 0.3 is 0 Å². The normalized spacial score (nSPS) is 16.0. The number of hydrogen-bond donors (Lipinski definition) is 0. The topological polar surface area (TPSA) is 76.3 Å². The standard InChI is InChI=1S/C22H18F2N6O/c1-29(21(31)15-9-14-4-2-3-5-18(14)25-11-15)16-6-13(7-16)8-17-10-19(20(23)24)28-22-26-12-27-30(17)22/h2-5,8-12,16,20H,6-7H2,1H3. The van der Waals surface area contributed by atoms with Crippen molar-refractivity contribution in [1.29, 1.82) is 0 Å². The fourth-order valence-corrected chi connectivity index (χ4v) is 3.77. The van der Waals surface area contributed by atoms with Gasteiger partial charge in [0.15, 0.2) is 0 Å². The Bertz CT molecular complexity index is 1320. The highest BCUT2D eigenvalue weighted by atomic mass is 19.3. The van der Waals surface area contributed by atoms with E-state index < -0.39 is 6.43 Å². The second-order valence-corrected chi connectivity index (χ2v) is 7.58. The summed E-state index contributed by atoms with van der Waals surface area (Å²) in [6.07, 6.45) is 3.33. The molecule has 9 heteroatoms. The van der Waals surface area contributed by atoms with E-state index in [-0.39, 0.29) is 23.4 Å². The number of pyridine rings is 1. The van der Waals surface area contributed by atoms with Crippen molar-refractivity contribution in [2.24, 2.45) is 0 Å². The van der Waals surface area contributed by atoms with Gasteiger partial charge in [0.05, 0.1) is 16.8 Å². The van der Waals surface area contributed by atoms with Crippen LogP contribution in [0.15, 0.2) is 54.5 Å². The molecule has 3 heterocycles. The van der Waals surface area contributed by atoms with Gasteiger partial charge in [-0.05, 0) is 37.1 Å². The number of benzene rings is 1. The number of hydrogen-bond acceptors (Lipinski definition) is 5. The van der Waals surface area contributed by atoms with E-state index in [0.29, 0.717) is 24.1 Å². The van der Waals surface area contributed by atoms with E-state index in [2.05, 4.69) is 20.1 Å². The molecule has 0 bridgehead atoms. The predicted molar refractivity (Wildman–Crippen MR) is 111 cm³/mol. The number of para-hydroxylation sites is 1. The van der Waals surface area contributed by atoms with Gasteiger partial charge in [-0.3, -0.25) is 9.78 Å². The van der Waals surface area contributed by atoms with Gasteiger partial charge in [-0.25, -0.2) is 13.8 Å². The van der Waals surface area contributed by atoms with Crippen molar-refractivity contribution in [2.45, 2.75) is 25.3 Å². The highest BCUT2D eigenvalue weighted by molar-refractivity contribution is 5.97. The lowest BCUT2D eigenvalue weighted by atomic mass is 9.84. The van der Waals surface area contributed by atoms with Crippen molar-refractivity contribution in [3.8, 4) is 0 Å². The highest BCUT2D eigenvalue weighted by Crippen LogP contribution is 2.33. The Morgan fingerprint density at radius 2 is 2.03 bits per heavy atom. The zero-order valence-corrected chi connectivity index (χ0v) is 16.6. The van der Waals surface area contributed by atoms with Crippen LogP contribution in [0.2, 0.25) is 0 Å². The molecule has 1 aliphatic rings. The summed E-state index contributed by atoms with van der Waals surface area (Å²) < 4.78 is 27.7. The lowest BCUT2D eigenvalue weighted by Crippen LogP contribution is -2.42. The third-order valence-electron chi connectivity index (χ3n) is 5.58. The van der Waals surface area contributed by atoms with Crippen molar-refractivity contribution in [2.75, 3.05) is 7.05 Å². The average Bonchev–Trinajstić information content (AvgIpc) is 3.23. The minimum Gasteiger partial charge on any atom is -0.338 e. The van der Waals surface area contributed by atoms with Crippen LogP contribution in [-0.4, -0.2) is 48.5 Å². The molecule has 7 nitrogen and oxygen atoms in total. The molecule has 1 amide bonds. The molecule has 0 saturated heterocycles. The summed E-state index contributed by atoms with van der Waals surface area (Å²) in [5.74, 6) is 0.0430. The maximum atomic E-state index is 13.1. The number of carbonyl (C=O) groups excluding carboxylic acids is 1. The number of alkyl halides is 2. The molecule has 156 valence electrons. The number of amides is 1. The van der Waals surface area contributed by atoms with E-state index in [1.807, 2.05) is 36.4 Å². The summed E-state index contributed by atoms with van der Waals surface area (Å²) in [6, 6.07) is 10.9. The van der Waals surface area contributed by atoms with Gasteiger partial charge < -0.3 is 4.90 Å². The molecule has 1 saturated carbocycles. The first-order chi connectivity index (χ1) is 15.0. The molecule has 3 aromatic heterocycles. The lowest BCUT2D eigenvalue weighted by Gasteiger charge is -2.37. The largest absolute Gasteiger partial charge is 0.338 e. The Hall–Kier alpha value is -3.75. The number of carbonyl (C=O) groups is 1. The van der Waals surface area contributed by atoms with Crippen LogP contribution in [-0.2, 0) is 0 Å². The third kappa shape index (κ3) is 3.52. The maximum absolute atomic E-state index is 13.1. The maximum Gasteiger partial charge on any atom is 0.280 e. The average molecular weight is 420 g/mol. The molecule has 0 aliphatic heterocycles. The van der Waals surface area contributed by atoms with Crippen LogP contribution >= 0.6 is 0 Å². The number of fused-ring (bicyclic) bond motifs is 2. The number of halogens is 2. The minimum atomic E-state index is -2.69. The van der Waals surface area contributed by atoms with E-state index in [9.17, 15) is 13.6 Å². The van der Waals surface area contributed by atoms with Crippen molar-refractivity contribution >= 4 is 28.7 Å². The fraction of sp³-hybridized carbons (Fsp3) is 0.227. The molecule has 0 radical (unpaired) electrons. The summed E-state index contributed by atoms with van der Waals surface area (Å²) in [4.78, 5) is 26.7. The van der Waals surface area contributed by atoms with Gasteiger partial charge in [0.2, 0.25) is 0 Å². The van der Waals surface area contributed by atoms with E-state index in [0.717, 1.165) is 16.5 Å². The van der Waals surface area contributed by atoms with Crippen LogP contribution in [0.1, 0.15) is 41.0 Å². The van der Waals surface area contributed by atoms with Gasteiger partial charge in [0.25, 0.3) is 18.1 Å². The SMILES string of the molecule is CN(C(=O)c1cnc2ccccc2c1)C1CC(=Cc2cc(C(F)F)nc3ncnn23)C1. The summed E-state index contributed by atoms with van der Waals surface area (Å²) in [7, 11) is 1.77. The van der Waals surface area contributed by atoms with Crippen LogP contribution in [0, 0.1) is 0 Å². The van der Waals surface area contributed by atoms with Gasteiger partial charge in [-0.1, -0.05) is 23.8 Å². The van der Waals surface area contributed by atoms with E-state index in [1.54, 1.807) is 18.1 Å². The second-order valence-electron chi connectivity index (χ2n) is 7.58. The summed E-state index contributed by atoms with van der Waals surface area (Å²) in [5, 5.41) is 4.98. The molecule has 5 rings (SSSR count). The van der Waals surface area contributed by atoms with Crippen molar-refractivity contribution < 1.29 is 13.6 Å².